The van der Waals surface area contributed by atoms with E-state index in [9.17, 15) is 18.0 Å². The molecule has 1 unspecified atom stereocenters. The summed E-state index contributed by atoms with van der Waals surface area (Å²) >= 11 is 0. The van der Waals surface area contributed by atoms with Gasteiger partial charge in [-0.2, -0.15) is 0 Å². The van der Waals surface area contributed by atoms with E-state index >= 15 is 0 Å². The van der Waals surface area contributed by atoms with Crippen LogP contribution in [0, 0.1) is 5.92 Å². The molecule has 0 fully saturated rings. The fourth-order valence-corrected chi connectivity index (χ4v) is 2.48. The van der Waals surface area contributed by atoms with Crippen molar-refractivity contribution in [3.8, 4) is 0 Å². The van der Waals surface area contributed by atoms with Crippen LogP contribution in [0.15, 0.2) is 24.3 Å². The zero-order chi connectivity index (χ0) is 16.0. The molecule has 0 saturated heterocycles. The largest absolute Gasteiger partial charge is 0.481 e. The Labute approximate surface area is 124 Å². The monoisotopic (exact) mass is 313 g/mol. The molecule has 1 atom stereocenters. The van der Waals surface area contributed by atoms with Crippen molar-refractivity contribution in [3.63, 3.8) is 0 Å². The second-order valence-electron chi connectivity index (χ2n) is 5.05. The molecule has 21 heavy (non-hydrogen) atoms. The SMILES string of the molecule is CC(CCNC(=O)c1ccc(CS(C)(=O)=O)cc1)C(=O)O. The first-order chi connectivity index (χ1) is 9.69. The van der Waals surface area contributed by atoms with Crippen molar-refractivity contribution in [2.75, 3.05) is 12.8 Å². The highest BCUT2D eigenvalue weighted by molar-refractivity contribution is 7.89. The summed E-state index contributed by atoms with van der Waals surface area (Å²) in [6.07, 6.45) is 1.50. The van der Waals surface area contributed by atoms with Gasteiger partial charge < -0.3 is 10.4 Å². The van der Waals surface area contributed by atoms with Crippen molar-refractivity contribution >= 4 is 21.7 Å². The summed E-state index contributed by atoms with van der Waals surface area (Å²) in [5.41, 5.74) is 1.03. The molecule has 0 radical (unpaired) electrons. The van der Waals surface area contributed by atoms with Crippen molar-refractivity contribution in [2.45, 2.75) is 19.1 Å². The van der Waals surface area contributed by atoms with Gasteiger partial charge in [0.2, 0.25) is 0 Å². The third kappa shape index (κ3) is 6.40. The molecule has 0 aliphatic carbocycles. The van der Waals surface area contributed by atoms with E-state index in [-0.39, 0.29) is 18.2 Å². The molecule has 0 spiro atoms. The maximum atomic E-state index is 11.8. The lowest BCUT2D eigenvalue weighted by Crippen LogP contribution is -2.27. The maximum absolute atomic E-state index is 11.8. The number of rotatable bonds is 7. The van der Waals surface area contributed by atoms with Crippen molar-refractivity contribution in [1.82, 2.24) is 5.32 Å². The predicted octanol–water partition coefficient (Wildman–Crippen LogP) is 1.07. The second kappa shape index (κ2) is 7.21. The van der Waals surface area contributed by atoms with Crippen LogP contribution in [0.3, 0.4) is 0 Å². The molecule has 1 aromatic rings. The fourth-order valence-electron chi connectivity index (χ4n) is 1.68. The van der Waals surface area contributed by atoms with Gasteiger partial charge in [-0.1, -0.05) is 19.1 Å². The normalized spacial score (nSPS) is 12.7. The van der Waals surface area contributed by atoms with E-state index in [0.29, 0.717) is 17.5 Å². The second-order valence-corrected chi connectivity index (χ2v) is 7.19. The third-order valence-electron chi connectivity index (χ3n) is 2.93. The Balaban J connectivity index is 2.54. The maximum Gasteiger partial charge on any atom is 0.306 e. The van der Waals surface area contributed by atoms with Crippen LogP contribution in [0.5, 0.6) is 0 Å². The summed E-state index contributed by atoms with van der Waals surface area (Å²) in [7, 11) is -3.10. The topological polar surface area (TPSA) is 101 Å². The van der Waals surface area contributed by atoms with Gasteiger partial charge in [0.25, 0.3) is 5.91 Å². The van der Waals surface area contributed by atoms with E-state index in [1.54, 1.807) is 31.2 Å². The van der Waals surface area contributed by atoms with Gasteiger partial charge in [0, 0.05) is 18.4 Å². The number of hydrogen-bond acceptors (Lipinski definition) is 4. The smallest absolute Gasteiger partial charge is 0.306 e. The number of aliphatic carboxylic acids is 1. The molecule has 1 rings (SSSR count). The summed E-state index contributed by atoms with van der Waals surface area (Å²) in [5, 5.41) is 11.4. The lowest BCUT2D eigenvalue weighted by Gasteiger charge is -2.08. The van der Waals surface area contributed by atoms with E-state index in [2.05, 4.69) is 5.32 Å². The van der Waals surface area contributed by atoms with Crippen molar-refractivity contribution < 1.29 is 23.1 Å². The van der Waals surface area contributed by atoms with Crippen molar-refractivity contribution in [3.05, 3.63) is 35.4 Å². The lowest BCUT2D eigenvalue weighted by molar-refractivity contribution is -0.141. The van der Waals surface area contributed by atoms with Gasteiger partial charge in [0.15, 0.2) is 9.84 Å². The molecule has 1 aromatic carbocycles. The first-order valence-electron chi connectivity index (χ1n) is 6.46. The molecule has 6 nitrogen and oxygen atoms in total. The first kappa shape index (κ1) is 17.2. The van der Waals surface area contributed by atoms with E-state index in [1.807, 2.05) is 0 Å². The minimum atomic E-state index is -3.10. The van der Waals surface area contributed by atoms with Crippen LogP contribution >= 0.6 is 0 Å². The molecular weight excluding hydrogens is 294 g/mol. The highest BCUT2D eigenvalue weighted by atomic mass is 32.2. The Morgan fingerprint density at radius 1 is 1.24 bits per heavy atom. The first-order valence-corrected chi connectivity index (χ1v) is 8.53. The molecule has 0 saturated carbocycles. The Bertz CT molecular complexity index is 607. The highest BCUT2D eigenvalue weighted by Gasteiger charge is 2.12. The third-order valence-corrected chi connectivity index (χ3v) is 3.79. The molecule has 116 valence electrons. The van der Waals surface area contributed by atoms with E-state index in [4.69, 9.17) is 5.11 Å². The Morgan fingerprint density at radius 2 is 1.81 bits per heavy atom. The predicted molar refractivity (Wildman–Crippen MR) is 78.7 cm³/mol. The summed E-state index contributed by atoms with van der Waals surface area (Å²) < 4.78 is 22.3. The van der Waals surface area contributed by atoms with Gasteiger partial charge in [-0.15, -0.1) is 0 Å². The Hall–Kier alpha value is -1.89. The summed E-state index contributed by atoms with van der Waals surface area (Å²) in [6.45, 7) is 1.85. The van der Waals surface area contributed by atoms with Gasteiger partial charge >= 0.3 is 5.97 Å². The number of amides is 1. The molecule has 1 amide bonds. The fraction of sp³-hybridized carbons (Fsp3) is 0.429. The molecular formula is C14H19NO5S. The summed E-state index contributed by atoms with van der Waals surface area (Å²) in [6, 6.07) is 6.29. The van der Waals surface area contributed by atoms with Crippen LogP contribution in [-0.4, -0.2) is 38.2 Å². The summed E-state index contributed by atoms with van der Waals surface area (Å²) in [4.78, 5) is 22.5. The highest BCUT2D eigenvalue weighted by Crippen LogP contribution is 2.08. The van der Waals surface area contributed by atoms with Gasteiger partial charge in [-0.05, 0) is 24.1 Å². The Kier molecular flexibility index (Phi) is 5.90. The molecule has 0 aromatic heterocycles. The number of carbonyl (C=O) groups excluding carboxylic acids is 1. The van der Waals surface area contributed by atoms with Crippen LogP contribution in [-0.2, 0) is 20.4 Å². The summed E-state index contributed by atoms with van der Waals surface area (Å²) in [5.74, 6) is -1.78. The molecule has 0 aliphatic rings. The molecule has 0 aliphatic heterocycles. The molecule has 7 heteroatoms. The molecule has 0 bridgehead atoms. The van der Waals surface area contributed by atoms with Crippen LogP contribution in [0.1, 0.15) is 29.3 Å². The number of carboxylic acid groups (broad SMARTS) is 1. The van der Waals surface area contributed by atoms with E-state index < -0.39 is 21.7 Å². The number of carbonyl (C=O) groups is 2. The van der Waals surface area contributed by atoms with Crippen LogP contribution in [0.25, 0.3) is 0 Å². The van der Waals surface area contributed by atoms with Crippen molar-refractivity contribution in [1.29, 1.82) is 0 Å². The minimum Gasteiger partial charge on any atom is -0.481 e. The Morgan fingerprint density at radius 3 is 2.29 bits per heavy atom. The van der Waals surface area contributed by atoms with E-state index in [0.717, 1.165) is 6.26 Å². The number of sulfone groups is 1. The number of carboxylic acids is 1. The quantitative estimate of drug-likeness (QED) is 0.784. The minimum absolute atomic E-state index is 0.0645. The lowest BCUT2D eigenvalue weighted by atomic mass is 10.1. The van der Waals surface area contributed by atoms with Gasteiger partial charge in [0.1, 0.15) is 0 Å². The van der Waals surface area contributed by atoms with Crippen molar-refractivity contribution in [2.24, 2.45) is 5.92 Å². The van der Waals surface area contributed by atoms with Crippen LogP contribution in [0.4, 0.5) is 0 Å². The molecule has 2 N–H and O–H groups in total. The molecule has 0 heterocycles. The standard InChI is InChI=1S/C14H19NO5S/c1-10(14(17)18)7-8-15-13(16)12-5-3-11(4-6-12)9-21(2,19)20/h3-6,10H,7-9H2,1-2H3,(H,15,16)(H,17,18). The van der Waals surface area contributed by atoms with E-state index in [1.165, 1.54) is 0 Å². The average molecular weight is 313 g/mol. The number of nitrogens with one attached hydrogen (secondary N) is 1. The zero-order valence-electron chi connectivity index (χ0n) is 12.0. The average Bonchev–Trinajstić information content (AvgIpc) is 2.37. The zero-order valence-corrected chi connectivity index (χ0v) is 12.8. The number of hydrogen-bond donors (Lipinski definition) is 2. The van der Waals surface area contributed by atoms with Gasteiger partial charge in [-0.3, -0.25) is 9.59 Å². The van der Waals surface area contributed by atoms with Gasteiger partial charge in [0.05, 0.1) is 11.7 Å². The van der Waals surface area contributed by atoms with Gasteiger partial charge in [-0.25, -0.2) is 8.42 Å². The number of benzene rings is 1. The van der Waals surface area contributed by atoms with Crippen LogP contribution < -0.4 is 5.32 Å². The van der Waals surface area contributed by atoms with Crippen LogP contribution in [0.2, 0.25) is 0 Å².